The summed E-state index contributed by atoms with van der Waals surface area (Å²) in [5.41, 5.74) is -8.17. The van der Waals surface area contributed by atoms with Crippen LogP contribution in [-0.4, -0.2) is 57.9 Å². The number of aliphatic hydroxyl groups excluding tert-OH is 2. The summed E-state index contributed by atoms with van der Waals surface area (Å²) in [4.78, 5) is 36.9. The minimum atomic E-state index is -2.53. The minimum absolute atomic E-state index is 0.172. The molecule has 0 spiro atoms. The SMILES string of the molecule is CC(=O)O[C@@]1(C(=O)CO)[C@H](C)C[C@H]2[C@@H]3C[C@H](F)C4=C(F)C(=O)C=C[C@]4(C)[C@@]3(F)[C@@H](O)C[C@@]21C. The highest BCUT2D eigenvalue weighted by Gasteiger charge is 2.78. The fraction of sp³-hybridized carbons (Fsp3) is 0.708. The topological polar surface area (TPSA) is 101 Å². The molecule has 6 nitrogen and oxygen atoms in total. The zero-order valence-electron chi connectivity index (χ0n) is 19.0. The molecule has 9 atom stereocenters. The second-order valence-electron chi connectivity index (χ2n) is 10.5. The third-order valence-electron chi connectivity index (χ3n) is 9.11. The van der Waals surface area contributed by atoms with Crippen LogP contribution in [0, 0.1) is 28.6 Å². The van der Waals surface area contributed by atoms with E-state index in [1.807, 2.05) is 0 Å². The van der Waals surface area contributed by atoms with Crippen molar-refractivity contribution in [2.45, 2.75) is 70.5 Å². The van der Waals surface area contributed by atoms with Gasteiger partial charge in [0.25, 0.3) is 0 Å². The predicted octanol–water partition coefficient (Wildman–Crippen LogP) is 2.71. The summed E-state index contributed by atoms with van der Waals surface area (Å²) in [7, 11) is 0. The first-order valence-electron chi connectivity index (χ1n) is 11.2. The molecule has 0 bridgehead atoms. The first kappa shape index (κ1) is 24.1. The number of hydrogen-bond donors (Lipinski definition) is 2. The highest BCUT2D eigenvalue weighted by atomic mass is 19.2. The van der Waals surface area contributed by atoms with Gasteiger partial charge in [0.1, 0.15) is 12.8 Å². The quantitative estimate of drug-likeness (QED) is 0.616. The molecule has 33 heavy (non-hydrogen) atoms. The molecule has 0 unspecified atom stereocenters. The predicted molar refractivity (Wildman–Crippen MR) is 110 cm³/mol. The van der Waals surface area contributed by atoms with Crippen LogP contribution >= 0.6 is 0 Å². The van der Waals surface area contributed by atoms with Gasteiger partial charge in [-0.1, -0.05) is 19.9 Å². The number of Topliss-reactive ketones (excluding diaryl/α,β-unsaturated/α-hetero) is 1. The van der Waals surface area contributed by atoms with Crippen molar-refractivity contribution in [2.24, 2.45) is 28.6 Å². The molecule has 0 heterocycles. The summed E-state index contributed by atoms with van der Waals surface area (Å²) in [5.74, 6) is -6.44. The fourth-order valence-corrected chi connectivity index (χ4v) is 7.83. The van der Waals surface area contributed by atoms with Gasteiger partial charge in [-0.15, -0.1) is 0 Å². The number of carbonyl (C=O) groups is 3. The molecule has 0 aliphatic heterocycles. The zero-order valence-corrected chi connectivity index (χ0v) is 19.0. The highest BCUT2D eigenvalue weighted by molar-refractivity contribution is 6.04. The molecule has 4 rings (SSSR count). The molecule has 2 N–H and O–H groups in total. The number of aliphatic hydroxyl groups is 2. The van der Waals surface area contributed by atoms with Gasteiger partial charge in [0.2, 0.25) is 11.6 Å². The zero-order chi connectivity index (χ0) is 24.7. The smallest absolute Gasteiger partial charge is 0.303 e. The monoisotopic (exact) mass is 470 g/mol. The van der Waals surface area contributed by atoms with Crippen LogP contribution in [0.25, 0.3) is 0 Å². The van der Waals surface area contributed by atoms with Gasteiger partial charge in [0, 0.05) is 35.2 Å². The van der Waals surface area contributed by atoms with E-state index in [-0.39, 0.29) is 12.8 Å². The van der Waals surface area contributed by atoms with Crippen LogP contribution < -0.4 is 0 Å². The lowest BCUT2D eigenvalue weighted by atomic mass is 9.44. The van der Waals surface area contributed by atoms with Gasteiger partial charge in [-0.3, -0.25) is 14.4 Å². The van der Waals surface area contributed by atoms with E-state index in [9.17, 15) is 29.0 Å². The number of carbonyl (C=O) groups excluding carboxylic acids is 3. The van der Waals surface area contributed by atoms with E-state index in [2.05, 4.69) is 0 Å². The van der Waals surface area contributed by atoms with Crippen LogP contribution in [0.2, 0.25) is 0 Å². The summed E-state index contributed by atoms with van der Waals surface area (Å²) >= 11 is 0. The number of allylic oxidation sites excluding steroid dienone is 4. The van der Waals surface area contributed by atoms with Crippen LogP contribution in [0.3, 0.4) is 0 Å². The van der Waals surface area contributed by atoms with Crippen molar-refractivity contribution < 1.29 is 42.5 Å². The van der Waals surface area contributed by atoms with Gasteiger partial charge in [0.05, 0.1) is 6.10 Å². The first-order chi connectivity index (χ1) is 15.2. The number of ketones is 2. The maximum absolute atomic E-state index is 17.1. The van der Waals surface area contributed by atoms with Crippen molar-refractivity contribution in [3.8, 4) is 0 Å². The number of hydrogen-bond acceptors (Lipinski definition) is 6. The molecular weight excluding hydrogens is 441 g/mol. The lowest BCUT2D eigenvalue weighted by molar-refractivity contribution is -0.231. The van der Waals surface area contributed by atoms with Crippen LogP contribution in [0.5, 0.6) is 0 Å². The Balaban J connectivity index is 1.91. The molecular formula is C24H29F3O6. The Morgan fingerprint density at radius 3 is 2.45 bits per heavy atom. The minimum Gasteiger partial charge on any atom is -0.450 e. The molecule has 3 saturated carbocycles. The molecule has 0 aromatic carbocycles. The Labute approximate surface area is 189 Å². The molecule has 0 saturated heterocycles. The Kier molecular flexibility index (Phi) is 5.30. The van der Waals surface area contributed by atoms with Crippen molar-refractivity contribution in [1.29, 1.82) is 0 Å². The standard InChI is InChI=1S/C24H29F3O6/c1-11-7-13-14-8-15(25)19-20(26)16(30)5-6-21(19,3)23(14,27)17(31)9-22(13,4)24(11,18(32)10-28)33-12(2)29/h5-6,11,13-15,17,28,31H,7-10H2,1-4H3/t11-,13+,14+,15+,17+,21+,22+,23+,24-/m1/s1. The second-order valence-corrected chi connectivity index (χ2v) is 10.5. The molecule has 4 aliphatic carbocycles. The van der Waals surface area contributed by atoms with Crippen molar-refractivity contribution in [3.63, 3.8) is 0 Å². The largest absolute Gasteiger partial charge is 0.450 e. The third-order valence-corrected chi connectivity index (χ3v) is 9.11. The average Bonchev–Trinajstić information content (AvgIpc) is 2.94. The van der Waals surface area contributed by atoms with E-state index in [0.29, 0.717) is 0 Å². The maximum atomic E-state index is 17.1. The van der Waals surface area contributed by atoms with E-state index < -0.39 is 94.1 Å². The van der Waals surface area contributed by atoms with Gasteiger partial charge in [-0.05, 0) is 38.2 Å². The number of rotatable bonds is 3. The van der Waals surface area contributed by atoms with Gasteiger partial charge in [-0.2, -0.15) is 0 Å². The van der Waals surface area contributed by atoms with Gasteiger partial charge < -0.3 is 14.9 Å². The molecule has 4 aliphatic rings. The van der Waals surface area contributed by atoms with Crippen LogP contribution in [0.15, 0.2) is 23.6 Å². The number of halogens is 3. The second kappa shape index (κ2) is 7.25. The summed E-state index contributed by atoms with van der Waals surface area (Å²) in [6.45, 7) is 4.73. The summed E-state index contributed by atoms with van der Waals surface area (Å²) < 4.78 is 52.9. The molecule has 3 fully saturated rings. The van der Waals surface area contributed by atoms with Crippen LogP contribution in [0.1, 0.15) is 47.0 Å². The summed E-state index contributed by atoms with van der Waals surface area (Å²) in [6.07, 6.45) is -2.42. The summed E-state index contributed by atoms with van der Waals surface area (Å²) in [6, 6.07) is 0. The number of esters is 1. The number of fused-ring (bicyclic) bond motifs is 5. The normalized spacial score (nSPS) is 48.8. The molecule has 0 aromatic heterocycles. The Bertz CT molecular complexity index is 993. The van der Waals surface area contributed by atoms with E-state index >= 15 is 8.78 Å². The molecule has 0 aromatic rings. The van der Waals surface area contributed by atoms with E-state index in [4.69, 9.17) is 4.74 Å². The maximum Gasteiger partial charge on any atom is 0.303 e. The van der Waals surface area contributed by atoms with E-state index in [0.717, 1.165) is 19.1 Å². The van der Waals surface area contributed by atoms with Crippen molar-refractivity contribution in [3.05, 3.63) is 23.6 Å². The molecule has 0 radical (unpaired) electrons. The molecule has 182 valence electrons. The van der Waals surface area contributed by atoms with Crippen LogP contribution in [0.4, 0.5) is 13.2 Å². The highest BCUT2D eigenvalue weighted by Crippen LogP contribution is 2.72. The number of ether oxygens (including phenoxy) is 1. The van der Waals surface area contributed by atoms with Gasteiger partial charge >= 0.3 is 5.97 Å². The fourth-order valence-electron chi connectivity index (χ4n) is 7.83. The average molecular weight is 470 g/mol. The van der Waals surface area contributed by atoms with E-state index in [1.165, 1.54) is 6.92 Å². The van der Waals surface area contributed by atoms with Crippen molar-refractivity contribution in [1.82, 2.24) is 0 Å². The van der Waals surface area contributed by atoms with Crippen molar-refractivity contribution in [2.75, 3.05) is 6.61 Å². The Morgan fingerprint density at radius 2 is 1.88 bits per heavy atom. The Hall–Kier alpha value is -2.00. The van der Waals surface area contributed by atoms with E-state index in [1.54, 1.807) is 13.8 Å². The van der Waals surface area contributed by atoms with Crippen LogP contribution in [-0.2, 0) is 19.1 Å². The van der Waals surface area contributed by atoms with Gasteiger partial charge in [-0.25, -0.2) is 13.2 Å². The van der Waals surface area contributed by atoms with Gasteiger partial charge in [0.15, 0.2) is 17.1 Å². The molecule has 0 amide bonds. The van der Waals surface area contributed by atoms with Crippen molar-refractivity contribution >= 4 is 17.5 Å². The Morgan fingerprint density at radius 1 is 1.24 bits per heavy atom. The lowest BCUT2D eigenvalue weighted by Crippen LogP contribution is -2.71. The lowest BCUT2D eigenvalue weighted by Gasteiger charge is -2.63. The molecule has 9 heteroatoms. The summed E-state index contributed by atoms with van der Waals surface area (Å²) in [5, 5.41) is 21.0. The third kappa shape index (κ3) is 2.66. The first-order valence-corrected chi connectivity index (χ1v) is 11.2. The number of alkyl halides is 2.